The summed E-state index contributed by atoms with van der Waals surface area (Å²) in [4.78, 5) is 13.9. The molecule has 1 aromatic rings. The van der Waals surface area contributed by atoms with Gasteiger partial charge in [-0.15, -0.1) is 0 Å². The van der Waals surface area contributed by atoms with Crippen molar-refractivity contribution < 1.29 is 9.18 Å². The fraction of sp³-hybridized carbons (Fsp3) is 0.500. The van der Waals surface area contributed by atoms with Crippen LogP contribution in [-0.4, -0.2) is 23.8 Å². The Morgan fingerprint density at radius 3 is 2.71 bits per heavy atom. The number of likely N-dealkylation sites (tertiary alicyclic amines) is 1. The Kier molecular flexibility index (Phi) is 3.89. The van der Waals surface area contributed by atoms with Gasteiger partial charge < -0.3 is 0 Å². The number of hydrogen-bond donors (Lipinski definition) is 0. The molecule has 1 aliphatic heterocycles. The maximum absolute atomic E-state index is 12.8. The van der Waals surface area contributed by atoms with E-state index in [9.17, 15) is 9.18 Å². The van der Waals surface area contributed by atoms with Crippen molar-refractivity contribution in [2.45, 2.75) is 26.3 Å². The molecule has 1 atom stereocenters. The van der Waals surface area contributed by atoms with Crippen molar-refractivity contribution in [3.8, 4) is 0 Å². The second-order valence-corrected chi connectivity index (χ2v) is 4.68. The van der Waals surface area contributed by atoms with Crippen LogP contribution in [0.3, 0.4) is 0 Å². The van der Waals surface area contributed by atoms with Gasteiger partial charge in [-0.25, -0.2) is 4.39 Å². The summed E-state index contributed by atoms with van der Waals surface area (Å²) in [5.41, 5.74) is 1.11. The van der Waals surface area contributed by atoms with E-state index in [1.165, 1.54) is 12.1 Å². The van der Waals surface area contributed by atoms with Gasteiger partial charge in [-0.3, -0.25) is 9.69 Å². The van der Waals surface area contributed by atoms with E-state index in [4.69, 9.17) is 0 Å². The van der Waals surface area contributed by atoms with Crippen LogP contribution in [0.15, 0.2) is 24.3 Å². The van der Waals surface area contributed by atoms with E-state index in [-0.39, 0.29) is 11.7 Å². The van der Waals surface area contributed by atoms with Crippen molar-refractivity contribution in [3.63, 3.8) is 0 Å². The van der Waals surface area contributed by atoms with Crippen LogP contribution < -0.4 is 0 Å². The van der Waals surface area contributed by atoms with Gasteiger partial charge in [0.1, 0.15) is 11.6 Å². The number of carbonyl (C=O) groups excluding carboxylic acids is 1. The molecule has 92 valence electrons. The number of benzene rings is 1. The number of hydrogen-bond acceptors (Lipinski definition) is 2. The summed E-state index contributed by atoms with van der Waals surface area (Å²) in [6.45, 7) is 4.54. The molecule has 0 aliphatic carbocycles. The van der Waals surface area contributed by atoms with E-state index >= 15 is 0 Å². The highest BCUT2D eigenvalue weighted by molar-refractivity contribution is 5.82. The molecule has 17 heavy (non-hydrogen) atoms. The van der Waals surface area contributed by atoms with Crippen LogP contribution in [0.25, 0.3) is 0 Å². The third kappa shape index (κ3) is 3.13. The quantitative estimate of drug-likeness (QED) is 0.802. The molecule has 0 spiro atoms. The van der Waals surface area contributed by atoms with Gasteiger partial charge in [0.25, 0.3) is 0 Å². The van der Waals surface area contributed by atoms with E-state index in [2.05, 4.69) is 11.8 Å². The lowest BCUT2D eigenvalue weighted by Crippen LogP contribution is -2.40. The van der Waals surface area contributed by atoms with E-state index in [1.807, 2.05) is 12.1 Å². The highest BCUT2D eigenvalue weighted by Crippen LogP contribution is 2.18. The fourth-order valence-electron chi connectivity index (χ4n) is 2.33. The molecule has 1 aromatic carbocycles. The van der Waals surface area contributed by atoms with E-state index < -0.39 is 0 Å². The molecule has 1 aliphatic rings. The molecule has 0 bridgehead atoms. The molecule has 0 radical (unpaired) electrons. The molecular formula is C14H18FNO. The Bertz CT molecular complexity index is 388. The molecule has 1 unspecified atom stereocenters. The zero-order valence-electron chi connectivity index (χ0n) is 10.2. The molecule has 1 saturated heterocycles. The molecule has 3 heteroatoms. The SMILES string of the molecule is CCC1CN(Cc2ccc(F)cc2)CCC1=O. The Morgan fingerprint density at radius 1 is 1.35 bits per heavy atom. The van der Waals surface area contributed by atoms with Gasteiger partial charge in [0.15, 0.2) is 0 Å². The first kappa shape index (κ1) is 12.2. The van der Waals surface area contributed by atoms with Crippen molar-refractivity contribution in [1.29, 1.82) is 0 Å². The molecule has 0 N–H and O–H groups in total. The molecule has 0 aromatic heterocycles. The van der Waals surface area contributed by atoms with Crippen LogP contribution in [0, 0.1) is 11.7 Å². The van der Waals surface area contributed by atoms with Crippen molar-refractivity contribution in [1.82, 2.24) is 4.90 Å². The minimum atomic E-state index is -0.200. The first-order valence-corrected chi connectivity index (χ1v) is 6.18. The minimum Gasteiger partial charge on any atom is -0.299 e. The second-order valence-electron chi connectivity index (χ2n) is 4.68. The topological polar surface area (TPSA) is 20.3 Å². The maximum Gasteiger partial charge on any atom is 0.138 e. The minimum absolute atomic E-state index is 0.184. The standard InChI is InChI=1S/C14H18FNO/c1-2-12-10-16(8-7-14(12)17)9-11-3-5-13(15)6-4-11/h3-6,12H,2,7-10H2,1H3. The average molecular weight is 235 g/mol. The van der Waals surface area contributed by atoms with Crippen LogP contribution in [0.4, 0.5) is 4.39 Å². The van der Waals surface area contributed by atoms with Gasteiger partial charge in [0.05, 0.1) is 0 Å². The average Bonchev–Trinajstić information content (AvgIpc) is 2.34. The monoisotopic (exact) mass is 235 g/mol. The Hall–Kier alpha value is -1.22. The van der Waals surface area contributed by atoms with E-state index in [0.29, 0.717) is 12.2 Å². The smallest absolute Gasteiger partial charge is 0.138 e. The van der Waals surface area contributed by atoms with Gasteiger partial charge in [-0.2, -0.15) is 0 Å². The van der Waals surface area contributed by atoms with Gasteiger partial charge in [-0.1, -0.05) is 19.1 Å². The second kappa shape index (κ2) is 5.41. The number of halogens is 1. The first-order valence-electron chi connectivity index (χ1n) is 6.18. The Balaban J connectivity index is 1.95. The third-order valence-electron chi connectivity index (χ3n) is 3.42. The lowest BCUT2D eigenvalue weighted by atomic mass is 9.94. The summed E-state index contributed by atoms with van der Waals surface area (Å²) in [6, 6.07) is 6.60. The molecule has 2 nitrogen and oxygen atoms in total. The molecule has 0 amide bonds. The van der Waals surface area contributed by atoms with Crippen molar-refractivity contribution in [3.05, 3.63) is 35.6 Å². The number of nitrogens with zero attached hydrogens (tertiary/aromatic N) is 1. The van der Waals surface area contributed by atoms with Gasteiger partial charge in [0.2, 0.25) is 0 Å². The third-order valence-corrected chi connectivity index (χ3v) is 3.42. The fourth-order valence-corrected chi connectivity index (χ4v) is 2.33. The summed E-state index contributed by atoms with van der Waals surface area (Å²) >= 11 is 0. The summed E-state index contributed by atoms with van der Waals surface area (Å²) in [5, 5.41) is 0. The Morgan fingerprint density at radius 2 is 2.06 bits per heavy atom. The molecule has 2 rings (SSSR count). The predicted octanol–water partition coefficient (Wildman–Crippen LogP) is 2.63. The first-order chi connectivity index (χ1) is 8.19. The van der Waals surface area contributed by atoms with Gasteiger partial charge in [0, 0.05) is 32.0 Å². The highest BCUT2D eigenvalue weighted by Gasteiger charge is 2.25. The number of Topliss-reactive ketones (excluding diaryl/α,β-unsaturated/α-hetero) is 1. The molecule has 1 heterocycles. The van der Waals surface area contributed by atoms with Crippen molar-refractivity contribution >= 4 is 5.78 Å². The number of carbonyl (C=O) groups is 1. The van der Waals surface area contributed by atoms with Gasteiger partial charge >= 0.3 is 0 Å². The number of ketones is 1. The largest absolute Gasteiger partial charge is 0.299 e. The van der Waals surface area contributed by atoms with E-state index in [0.717, 1.165) is 31.6 Å². The summed E-state index contributed by atoms with van der Waals surface area (Å²) < 4.78 is 12.8. The van der Waals surface area contributed by atoms with Crippen LogP contribution in [0.5, 0.6) is 0 Å². The number of rotatable bonds is 3. The molecule has 0 saturated carbocycles. The van der Waals surface area contributed by atoms with Crippen LogP contribution in [-0.2, 0) is 11.3 Å². The zero-order chi connectivity index (χ0) is 12.3. The Labute approximate surface area is 101 Å². The summed E-state index contributed by atoms with van der Waals surface area (Å²) in [7, 11) is 0. The summed E-state index contributed by atoms with van der Waals surface area (Å²) in [6.07, 6.45) is 1.57. The van der Waals surface area contributed by atoms with E-state index in [1.54, 1.807) is 0 Å². The van der Waals surface area contributed by atoms with Crippen LogP contribution in [0.1, 0.15) is 25.3 Å². The normalized spacial score (nSPS) is 21.8. The zero-order valence-corrected chi connectivity index (χ0v) is 10.2. The van der Waals surface area contributed by atoms with Crippen molar-refractivity contribution in [2.75, 3.05) is 13.1 Å². The lowest BCUT2D eigenvalue weighted by molar-refractivity contribution is -0.126. The highest BCUT2D eigenvalue weighted by atomic mass is 19.1. The lowest BCUT2D eigenvalue weighted by Gasteiger charge is -2.31. The van der Waals surface area contributed by atoms with Crippen LogP contribution >= 0.6 is 0 Å². The molecular weight excluding hydrogens is 217 g/mol. The van der Waals surface area contributed by atoms with Crippen LogP contribution in [0.2, 0.25) is 0 Å². The maximum atomic E-state index is 12.8. The van der Waals surface area contributed by atoms with Gasteiger partial charge in [-0.05, 0) is 24.1 Å². The summed E-state index contributed by atoms with van der Waals surface area (Å²) in [5.74, 6) is 0.376. The predicted molar refractivity (Wildman–Crippen MR) is 65.1 cm³/mol. The molecule has 1 fully saturated rings. The number of piperidine rings is 1. The van der Waals surface area contributed by atoms with Crippen molar-refractivity contribution in [2.24, 2.45) is 5.92 Å².